The van der Waals surface area contributed by atoms with Crippen molar-refractivity contribution in [2.45, 2.75) is 13.8 Å². The van der Waals surface area contributed by atoms with E-state index in [-0.39, 0.29) is 0 Å². The summed E-state index contributed by atoms with van der Waals surface area (Å²) in [6.07, 6.45) is 0. The molecule has 15 heavy (non-hydrogen) atoms. The number of H-pyrrole nitrogens is 1. The number of nitrogens with two attached hydrogens (primary N) is 1. The van der Waals surface area contributed by atoms with Gasteiger partial charge < -0.3 is 10.7 Å². The first-order chi connectivity index (χ1) is 7.00. The number of aryl methyl sites for hydroxylation is 2. The molecule has 0 atom stereocenters. The molecule has 1 amide bonds. The van der Waals surface area contributed by atoms with Crippen molar-refractivity contribution in [1.29, 1.82) is 0 Å². The third-order valence-corrected chi connectivity index (χ3v) is 2.87. The molecule has 3 nitrogen and oxygen atoms in total. The van der Waals surface area contributed by atoms with Gasteiger partial charge >= 0.3 is 0 Å². The molecule has 3 N–H and O–H groups in total. The Morgan fingerprint density at radius 1 is 1.40 bits per heavy atom. The zero-order valence-corrected chi connectivity index (χ0v) is 9.27. The molecule has 2 aromatic rings. The van der Waals surface area contributed by atoms with E-state index in [2.05, 4.69) is 4.98 Å². The number of rotatable bonds is 1. The summed E-state index contributed by atoms with van der Waals surface area (Å²) in [6, 6.07) is 3.42. The lowest BCUT2D eigenvalue weighted by Crippen LogP contribution is -2.11. The molecule has 1 heterocycles. The van der Waals surface area contributed by atoms with E-state index in [9.17, 15) is 4.79 Å². The van der Waals surface area contributed by atoms with Crippen LogP contribution in [-0.2, 0) is 0 Å². The van der Waals surface area contributed by atoms with Gasteiger partial charge in [-0.15, -0.1) is 0 Å². The molecule has 0 aliphatic rings. The minimum absolute atomic E-state index is 0.439. The highest BCUT2D eigenvalue weighted by atomic mass is 35.5. The van der Waals surface area contributed by atoms with Crippen LogP contribution in [0.3, 0.4) is 0 Å². The number of halogens is 1. The van der Waals surface area contributed by atoms with Crippen molar-refractivity contribution >= 4 is 28.4 Å². The van der Waals surface area contributed by atoms with Crippen LogP contribution in [0.1, 0.15) is 21.6 Å². The van der Waals surface area contributed by atoms with Gasteiger partial charge in [0.2, 0.25) is 0 Å². The average molecular weight is 223 g/mol. The fourth-order valence-corrected chi connectivity index (χ4v) is 1.93. The summed E-state index contributed by atoms with van der Waals surface area (Å²) in [4.78, 5) is 14.4. The maximum Gasteiger partial charge on any atom is 0.250 e. The number of nitrogens with one attached hydrogen (secondary N) is 1. The van der Waals surface area contributed by atoms with Gasteiger partial charge in [-0.05, 0) is 31.5 Å². The van der Waals surface area contributed by atoms with Crippen molar-refractivity contribution in [3.05, 3.63) is 34.0 Å². The van der Waals surface area contributed by atoms with Gasteiger partial charge in [0, 0.05) is 16.1 Å². The molecule has 1 aromatic carbocycles. The Bertz CT molecular complexity index is 557. The summed E-state index contributed by atoms with van der Waals surface area (Å²) in [5.74, 6) is -0.469. The van der Waals surface area contributed by atoms with Crippen LogP contribution in [-0.4, -0.2) is 10.9 Å². The first-order valence-corrected chi connectivity index (χ1v) is 4.96. The van der Waals surface area contributed by atoms with Gasteiger partial charge in [0.1, 0.15) is 0 Å². The third-order valence-electron chi connectivity index (χ3n) is 2.65. The van der Waals surface area contributed by atoms with Gasteiger partial charge in [0.25, 0.3) is 5.91 Å². The first kappa shape index (κ1) is 10.1. The number of amides is 1. The second kappa shape index (κ2) is 3.28. The normalized spacial score (nSPS) is 10.9. The van der Waals surface area contributed by atoms with Gasteiger partial charge in [0.05, 0.1) is 11.1 Å². The van der Waals surface area contributed by atoms with Gasteiger partial charge in [-0.2, -0.15) is 0 Å². The van der Waals surface area contributed by atoms with Crippen LogP contribution in [0.25, 0.3) is 10.9 Å². The zero-order valence-electron chi connectivity index (χ0n) is 8.52. The molecule has 78 valence electrons. The number of benzene rings is 1. The Morgan fingerprint density at radius 2 is 2.07 bits per heavy atom. The molecule has 0 fully saturated rings. The van der Waals surface area contributed by atoms with Crippen LogP contribution in [0.2, 0.25) is 5.02 Å². The Labute approximate surface area is 92.2 Å². The standard InChI is InChI=1S/C11H11ClN2O/c1-5-6(2)14-10-8(5)3-7(12)4-9(10)11(13)15/h3-4,14H,1-2H3,(H2,13,15). The molecule has 0 spiro atoms. The van der Waals surface area contributed by atoms with Crippen LogP contribution in [0.5, 0.6) is 0 Å². The van der Waals surface area contributed by atoms with Crippen LogP contribution in [0, 0.1) is 13.8 Å². The Hall–Kier alpha value is -1.48. The van der Waals surface area contributed by atoms with Crippen molar-refractivity contribution in [3.8, 4) is 0 Å². The van der Waals surface area contributed by atoms with E-state index in [1.54, 1.807) is 6.07 Å². The molecule has 0 saturated carbocycles. The minimum atomic E-state index is -0.469. The third kappa shape index (κ3) is 1.49. The van der Waals surface area contributed by atoms with E-state index in [1.807, 2.05) is 19.9 Å². The van der Waals surface area contributed by atoms with Crippen molar-refractivity contribution in [2.75, 3.05) is 0 Å². The Kier molecular flexibility index (Phi) is 2.20. The Balaban J connectivity index is 2.92. The zero-order chi connectivity index (χ0) is 11.2. The van der Waals surface area contributed by atoms with Crippen LogP contribution >= 0.6 is 11.6 Å². The summed E-state index contributed by atoms with van der Waals surface area (Å²) in [6.45, 7) is 3.93. The van der Waals surface area contributed by atoms with E-state index >= 15 is 0 Å². The van der Waals surface area contributed by atoms with E-state index < -0.39 is 5.91 Å². The van der Waals surface area contributed by atoms with E-state index in [0.717, 1.165) is 22.2 Å². The summed E-state index contributed by atoms with van der Waals surface area (Å²) < 4.78 is 0. The highest BCUT2D eigenvalue weighted by molar-refractivity contribution is 6.32. The highest BCUT2D eigenvalue weighted by Crippen LogP contribution is 2.27. The van der Waals surface area contributed by atoms with Gasteiger partial charge in [-0.1, -0.05) is 11.6 Å². The van der Waals surface area contributed by atoms with Gasteiger partial charge in [0.15, 0.2) is 0 Å². The maximum absolute atomic E-state index is 11.2. The lowest BCUT2D eigenvalue weighted by Gasteiger charge is -2.00. The predicted molar refractivity (Wildman–Crippen MR) is 61.3 cm³/mol. The molecule has 1 aromatic heterocycles. The van der Waals surface area contributed by atoms with Crippen molar-refractivity contribution in [2.24, 2.45) is 5.73 Å². The lowest BCUT2D eigenvalue weighted by atomic mass is 10.1. The fraction of sp³-hybridized carbons (Fsp3) is 0.182. The van der Waals surface area contributed by atoms with E-state index in [1.165, 1.54) is 0 Å². The van der Waals surface area contributed by atoms with Crippen molar-refractivity contribution in [3.63, 3.8) is 0 Å². The monoisotopic (exact) mass is 222 g/mol. The average Bonchev–Trinajstić information content (AvgIpc) is 2.43. The molecular weight excluding hydrogens is 212 g/mol. The van der Waals surface area contributed by atoms with Crippen molar-refractivity contribution < 1.29 is 4.79 Å². The molecule has 0 radical (unpaired) electrons. The minimum Gasteiger partial charge on any atom is -0.366 e. The maximum atomic E-state index is 11.2. The van der Waals surface area contributed by atoms with Crippen LogP contribution in [0.15, 0.2) is 12.1 Å². The molecule has 0 aliphatic carbocycles. The summed E-state index contributed by atoms with van der Waals surface area (Å²) >= 11 is 5.93. The number of hydrogen-bond donors (Lipinski definition) is 2. The van der Waals surface area contributed by atoms with Gasteiger partial charge in [-0.3, -0.25) is 4.79 Å². The number of fused-ring (bicyclic) bond motifs is 1. The number of carbonyl (C=O) groups excluding carboxylic acids is 1. The summed E-state index contributed by atoms with van der Waals surface area (Å²) in [5, 5.41) is 1.48. The second-order valence-corrected chi connectivity index (χ2v) is 4.05. The molecule has 4 heteroatoms. The number of primary amides is 1. The molecule has 2 rings (SSSR count). The topological polar surface area (TPSA) is 58.9 Å². The first-order valence-electron chi connectivity index (χ1n) is 4.59. The lowest BCUT2D eigenvalue weighted by molar-refractivity contribution is 0.100. The predicted octanol–water partition coefficient (Wildman–Crippen LogP) is 2.54. The van der Waals surface area contributed by atoms with Crippen LogP contribution in [0.4, 0.5) is 0 Å². The number of aromatic nitrogens is 1. The molecule has 0 aliphatic heterocycles. The molecule has 0 saturated heterocycles. The van der Waals surface area contributed by atoms with Gasteiger partial charge in [-0.25, -0.2) is 0 Å². The largest absolute Gasteiger partial charge is 0.366 e. The van der Waals surface area contributed by atoms with Crippen LogP contribution < -0.4 is 5.73 Å². The number of hydrogen-bond acceptors (Lipinski definition) is 1. The highest BCUT2D eigenvalue weighted by Gasteiger charge is 2.12. The summed E-state index contributed by atoms with van der Waals surface area (Å²) in [5.41, 5.74) is 8.61. The van der Waals surface area contributed by atoms with E-state index in [4.69, 9.17) is 17.3 Å². The molecular formula is C11H11ClN2O. The number of aromatic amines is 1. The second-order valence-electron chi connectivity index (χ2n) is 3.62. The quantitative estimate of drug-likeness (QED) is 0.766. The van der Waals surface area contributed by atoms with E-state index in [0.29, 0.717) is 10.6 Å². The number of carbonyl (C=O) groups is 1. The molecule has 0 unspecified atom stereocenters. The smallest absolute Gasteiger partial charge is 0.250 e. The summed E-state index contributed by atoms with van der Waals surface area (Å²) in [7, 11) is 0. The SMILES string of the molecule is Cc1[nH]c2c(C(N)=O)cc(Cl)cc2c1C. The Morgan fingerprint density at radius 3 is 2.67 bits per heavy atom. The fourth-order valence-electron chi connectivity index (χ4n) is 1.71. The molecule has 0 bridgehead atoms. The van der Waals surface area contributed by atoms with Crippen molar-refractivity contribution in [1.82, 2.24) is 4.98 Å².